The van der Waals surface area contributed by atoms with E-state index in [1.54, 1.807) is 135 Å². The maximum Gasteiger partial charge on any atom is 0.514 e. The third kappa shape index (κ3) is 14.7. The summed E-state index contributed by atoms with van der Waals surface area (Å²) in [5.74, 6) is 0.623. The monoisotopic (exact) mass is 760 g/mol. The van der Waals surface area contributed by atoms with E-state index in [0.717, 1.165) is 0 Å². The molecule has 0 radical (unpaired) electrons. The topological polar surface area (TPSA) is 164 Å². The van der Waals surface area contributed by atoms with Gasteiger partial charge in [-0.1, -0.05) is 36.4 Å². The van der Waals surface area contributed by atoms with Gasteiger partial charge in [-0.3, -0.25) is 0 Å². The minimum absolute atomic E-state index is 0.208. The van der Waals surface area contributed by atoms with E-state index in [0.29, 0.717) is 14.7 Å². The number of carbonyl (C=O) groups excluding carboxylic acids is 3. The molecule has 0 aliphatic carbocycles. The lowest BCUT2D eigenvalue weighted by Gasteiger charge is -2.21. The van der Waals surface area contributed by atoms with Crippen molar-refractivity contribution in [1.82, 2.24) is 0 Å². The molecule has 0 aliphatic rings. The van der Waals surface area contributed by atoms with Crippen LogP contribution in [0.5, 0.6) is 17.2 Å². The molecule has 0 spiro atoms. The highest BCUT2D eigenvalue weighted by Crippen LogP contribution is 2.44. The lowest BCUT2D eigenvalue weighted by molar-refractivity contribution is -0.0518. The molecule has 0 aromatic heterocycles. The van der Waals surface area contributed by atoms with Crippen LogP contribution < -0.4 is 14.2 Å². The Morgan fingerprint density at radius 1 is 0.529 bits per heavy atom. The molecular weight excluding hydrogens is 721 g/mol. The zero-order chi connectivity index (χ0) is 39.0. The van der Waals surface area contributed by atoms with Gasteiger partial charge in [-0.2, -0.15) is 13.2 Å². The molecule has 0 unspecified atom stereocenters. The average molecular weight is 761 g/mol. The van der Waals surface area contributed by atoms with Crippen LogP contribution in [0.4, 0.5) is 27.6 Å². The zero-order valence-electron chi connectivity index (χ0n) is 29.3. The quantitative estimate of drug-likeness (QED) is 0.0587. The highest BCUT2D eigenvalue weighted by atomic mass is 32.2. The zero-order valence-corrected chi connectivity index (χ0v) is 30.9. The summed E-state index contributed by atoms with van der Waals surface area (Å²) in [5, 5.41) is 0. The van der Waals surface area contributed by atoms with Crippen molar-refractivity contribution in [1.29, 1.82) is 0 Å². The molecule has 0 fully saturated rings. The Balaban J connectivity index is 0.00000100. The largest absolute Gasteiger partial charge is 0.741 e. The molecule has 3 aromatic carbocycles. The van der Waals surface area contributed by atoms with Gasteiger partial charge >= 0.3 is 24.0 Å². The Morgan fingerprint density at radius 3 is 0.941 bits per heavy atom. The Morgan fingerprint density at radius 2 is 0.745 bits per heavy atom. The van der Waals surface area contributed by atoms with Crippen molar-refractivity contribution in [3.63, 3.8) is 0 Å². The van der Waals surface area contributed by atoms with E-state index >= 15 is 0 Å². The van der Waals surface area contributed by atoms with Crippen LogP contribution in [0.25, 0.3) is 0 Å². The molecule has 0 heterocycles. The summed E-state index contributed by atoms with van der Waals surface area (Å²) in [6.07, 6.45) is -2.67. The molecule has 0 amide bonds. The fraction of sp³-hybridized carbons (Fsp3) is 0.382. The van der Waals surface area contributed by atoms with Gasteiger partial charge in [0.2, 0.25) is 14.7 Å². The summed E-state index contributed by atoms with van der Waals surface area (Å²) in [6.45, 7) is 15.6. The molecule has 0 bridgehead atoms. The van der Waals surface area contributed by atoms with E-state index in [4.69, 9.17) is 41.4 Å². The third-order valence-corrected chi connectivity index (χ3v) is 8.14. The van der Waals surface area contributed by atoms with Gasteiger partial charge in [-0.25, -0.2) is 22.8 Å². The molecule has 17 heteroatoms. The number of para-hydroxylation sites is 3. The summed E-state index contributed by atoms with van der Waals surface area (Å²) < 4.78 is 92.2. The molecule has 0 saturated carbocycles. The number of rotatable bonds is 6. The van der Waals surface area contributed by atoms with Gasteiger partial charge in [0.25, 0.3) is 0 Å². The highest BCUT2D eigenvalue weighted by molar-refractivity contribution is 7.97. The van der Waals surface area contributed by atoms with Crippen LogP contribution in [0.1, 0.15) is 62.3 Å². The summed E-state index contributed by atoms with van der Waals surface area (Å²) in [6, 6.07) is 20.7. The van der Waals surface area contributed by atoms with Gasteiger partial charge in [-0.15, -0.1) is 0 Å². The molecule has 0 N–H and O–H groups in total. The average Bonchev–Trinajstić information content (AvgIpc) is 2.92. The van der Waals surface area contributed by atoms with Gasteiger partial charge in [0.05, 0.1) is 0 Å². The molecule has 0 saturated heterocycles. The number of hydrogen-bond donors (Lipinski definition) is 0. The van der Waals surface area contributed by atoms with Crippen LogP contribution in [0.2, 0.25) is 0 Å². The Labute approximate surface area is 297 Å². The Bertz CT molecular complexity index is 1610. The number of carbonyl (C=O) groups is 3. The first-order chi connectivity index (χ1) is 23.2. The molecule has 12 nitrogen and oxygen atoms in total. The summed E-state index contributed by atoms with van der Waals surface area (Å²) in [5.41, 5.74) is -7.99. The van der Waals surface area contributed by atoms with Crippen LogP contribution in [0.15, 0.2) is 87.5 Å². The van der Waals surface area contributed by atoms with Gasteiger partial charge in [0.15, 0.2) is 27.4 Å². The fourth-order valence-corrected chi connectivity index (χ4v) is 5.83. The van der Waals surface area contributed by atoms with E-state index in [1.807, 2.05) is 0 Å². The second kappa shape index (κ2) is 16.7. The van der Waals surface area contributed by atoms with Crippen molar-refractivity contribution < 1.29 is 68.9 Å². The van der Waals surface area contributed by atoms with Crippen LogP contribution in [-0.2, 0) is 35.2 Å². The van der Waals surface area contributed by atoms with Crippen molar-refractivity contribution in [3.05, 3.63) is 72.8 Å². The number of ether oxygens (including phenoxy) is 6. The molecule has 280 valence electrons. The smallest absolute Gasteiger partial charge is 0.514 e. The second-order valence-electron chi connectivity index (χ2n) is 13.2. The lowest BCUT2D eigenvalue weighted by atomic mass is 10.2. The van der Waals surface area contributed by atoms with Crippen LogP contribution >= 0.6 is 0 Å². The number of hydrogen-bond acceptors (Lipinski definition) is 12. The predicted octanol–water partition coefficient (Wildman–Crippen LogP) is 8.78. The number of halogens is 3. The molecule has 0 aliphatic heterocycles. The van der Waals surface area contributed by atoms with Crippen molar-refractivity contribution in [3.8, 4) is 17.2 Å². The van der Waals surface area contributed by atoms with Crippen molar-refractivity contribution >= 4 is 39.5 Å². The van der Waals surface area contributed by atoms with Crippen molar-refractivity contribution in [2.24, 2.45) is 0 Å². The Hall–Kier alpha value is -4.48. The van der Waals surface area contributed by atoms with Crippen LogP contribution in [0, 0.1) is 0 Å². The highest BCUT2D eigenvalue weighted by Gasteiger charge is 2.40. The third-order valence-electron chi connectivity index (χ3n) is 5.24. The maximum atomic E-state index is 12.8. The van der Waals surface area contributed by atoms with E-state index in [9.17, 15) is 27.6 Å². The van der Waals surface area contributed by atoms with Gasteiger partial charge in [0, 0.05) is 0 Å². The predicted molar refractivity (Wildman–Crippen MR) is 178 cm³/mol. The first-order valence-electron chi connectivity index (χ1n) is 14.9. The van der Waals surface area contributed by atoms with Crippen molar-refractivity contribution in [2.75, 3.05) is 0 Å². The molecular formula is C34H39F3O12S2. The van der Waals surface area contributed by atoms with Gasteiger partial charge in [0.1, 0.15) is 27.7 Å². The summed E-state index contributed by atoms with van der Waals surface area (Å²) in [7, 11) is -7.26. The second-order valence-corrected chi connectivity index (χ2v) is 16.5. The fourth-order valence-electron chi connectivity index (χ4n) is 3.55. The summed E-state index contributed by atoms with van der Waals surface area (Å²) in [4.78, 5) is 39.9. The van der Waals surface area contributed by atoms with E-state index in [-0.39, 0.29) is 17.2 Å². The molecule has 3 rings (SSSR count). The lowest BCUT2D eigenvalue weighted by Crippen LogP contribution is -2.27. The molecule has 3 aromatic rings. The Kier molecular flexibility index (Phi) is 14.0. The van der Waals surface area contributed by atoms with Gasteiger partial charge in [-0.05, 0) is 98.7 Å². The van der Waals surface area contributed by atoms with E-state index < -0.39 is 61.8 Å². The number of alkyl halides is 3. The SMILES string of the molecule is CC(C)(C)OC(=O)Oc1ccccc1[S+](c1ccccc1OC(=O)OC(C)(C)C)c1ccccc1OC(=O)OC(C)(C)C.O=S(=O)([O-])C(F)(F)F. The van der Waals surface area contributed by atoms with Gasteiger partial charge < -0.3 is 33.0 Å². The first kappa shape index (κ1) is 42.7. The van der Waals surface area contributed by atoms with E-state index in [2.05, 4.69) is 0 Å². The van der Waals surface area contributed by atoms with E-state index in [1.165, 1.54) is 0 Å². The minimum Gasteiger partial charge on any atom is -0.741 e. The maximum absolute atomic E-state index is 12.8. The molecule has 0 atom stereocenters. The molecule has 51 heavy (non-hydrogen) atoms. The standard InChI is InChI=1S/C33H39O9S.CHF3O3S/c1-31(2,3)40-28(34)37-22-16-10-13-19-25(22)43(26-20-14-11-17-23(26)38-29(35)41-32(4,5)6)27-21-15-12-18-24(27)39-30(36)42-33(7,8)9;2-1(3,4)8(5,6)7/h10-21H,1-9H3;(H,5,6,7)/q+1;/p-1. The number of benzene rings is 3. The van der Waals surface area contributed by atoms with Crippen molar-refractivity contribution in [2.45, 2.75) is 99.3 Å². The minimum atomic E-state index is -6.09. The van der Waals surface area contributed by atoms with Crippen LogP contribution in [0.3, 0.4) is 0 Å². The van der Waals surface area contributed by atoms with Crippen LogP contribution in [-0.4, -0.2) is 53.7 Å². The summed E-state index contributed by atoms with van der Waals surface area (Å²) >= 11 is 0. The normalized spacial score (nSPS) is 12.2. The first-order valence-corrected chi connectivity index (χ1v) is 17.6.